The Labute approximate surface area is 90.4 Å². The average molecular weight is 204 g/mol. The Hall–Kier alpha value is -1.77. The van der Waals surface area contributed by atoms with E-state index in [0.717, 1.165) is 5.69 Å². The van der Waals surface area contributed by atoms with E-state index in [1.807, 2.05) is 49.3 Å². The summed E-state index contributed by atoms with van der Waals surface area (Å²) >= 11 is 0. The zero-order chi connectivity index (χ0) is 11.3. The molecule has 0 saturated carbocycles. The van der Waals surface area contributed by atoms with Crippen LogP contribution < -0.4 is 5.32 Å². The molecule has 0 aromatic heterocycles. The summed E-state index contributed by atoms with van der Waals surface area (Å²) in [7, 11) is 3.77. The van der Waals surface area contributed by atoms with Gasteiger partial charge in [0, 0.05) is 32.9 Å². The van der Waals surface area contributed by atoms with Crippen LogP contribution in [0.25, 0.3) is 0 Å². The van der Waals surface area contributed by atoms with Crippen molar-refractivity contribution < 1.29 is 4.79 Å². The standard InChI is InChI=1S/C12H16N2O/c1-10(15)12(9-14(2)3)13-11-7-5-4-6-8-11/h4-9,13H,1-3H3/b12-9+. The number of carbonyl (C=O) groups excluding carboxylic acids is 1. The van der Waals surface area contributed by atoms with Crippen LogP contribution >= 0.6 is 0 Å². The van der Waals surface area contributed by atoms with E-state index in [2.05, 4.69) is 5.32 Å². The first-order valence-electron chi connectivity index (χ1n) is 4.81. The molecule has 0 radical (unpaired) electrons. The van der Waals surface area contributed by atoms with Gasteiger partial charge in [-0.15, -0.1) is 0 Å². The molecule has 1 aromatic carbocycles. The second kappa shape index (κ2) is 5.20. The van der Waals surface area contributed by atoms with Crippen LogP contribution in [0.3, 0.4) is 0 Å². The van der Waals surface area contributed by atoms with Crippen LogP contribution in [0.2, 0.25) is 0 Å². The molecule has 0 spiro atoms. The van der Waals surface area contributed by atoms with E-state index in [-0.39, 0.29) is 5.78 Å². The molecule has 0 amide bonds. The highest BCUT2D eigenvalue weighted by Gasteiger charge is 2.03. The third-order valence-corrected chi connectivity index (χ3v) is 1.82. The van der Waals surface area contributed by atoms with E-state index in [0.29, 0.717) is 5.70 Å². The highest BCUT2D eigenvalue weighted by atomic mass is 16.1. The third-order valence-electron chi connectivity index (χ3n) is 1.82. The summed E-state index contributed by atoms with van der Waals surface area (Å²) in [5.74, 6) is 0.0209. The van der Waals surface area contributed by atoms with Crippen molar-refractivity contribution in [2.45, 2.75) is 6.92 Å². The topological polar surface area (TPSA) is 32.3 Å². The number of Topliss-reactive ketones (excluding diaryl/α,β-unsaturated/α-hetero) is 1. The van der Waals surface area contributed by atoms with Crippen molar-refractivity contribution in [2.75, 3.05) is 19.4 Å². The van der Waals surface area contributed by atoms with E-state index < -0.39 is 0 Å². The lowest BCUT2D eigenvalue weighted by atomic mass is 10.2. The van der Waals surface area contributed by atoms with E-state index in [9.17, 15) is 4.79 Å². The maximum absolute atomic E-state index is 11.3. The molecule has 0 bridgehead atoms. The minimum atomic E-state index is 0.0209. The van der Waals surface area contributed by atoms with Gasteiger partial charge in [-0.1, -0.05) is 18.2 Å². The van der Waals surface area contributed by atoms with Gasteiger partial charge >= 0.3 is 0 Å². The minimum absolute atomic E-state index is 0.0209. The molecule has 0 unspecified atom stereocenters. The number of rotatable bonds is 4. The van der Waals surface area contributed by atoms with Gasteiger partial charge in [0.2, 0.25) is 0 Å². The number of carbonyl (C=O) groups is 1. The van der Waals surface area contributed by atoms with Crippen molar-refractivity contribution in [1.29, 1.82) is 0 Å². The minimum Gasteiger partial charge on any atom is -0.382 e. The normalized spacial score (nSPS) is 11.0. The van der Waals surface area contributed by atoms with Gasteiger partial charge in [-0.25, -0.2) is 0 Å². The Morgan fingerprint density at radius 3 is 2.33 bits per heavy atom. The van der Waals surface area contributed by atoms with Crippen LogP contribution in [-0.4, -0.2) is 24.8 Å². The molecule has 80 valence electrons. The fourth-order valence-corrected chi connectivity index (χ4v) is 1.15. The molecule has 0 heterocycles. The SMILES string of the molecule is CC(=O)/C(=C\N(C)C)Nc1ccccc1. The van der Waals surface area contributed by atoms with Crippen LogP contribution in [0.5, 0.6) is 0 Å². The van der Waals surface area contributed by atoms with Crippen LogP contribution in [0.15, 0.2) is 42.2 Å². The molecule has 0 aliphatic carbocycles. The number of allylic oxidation sites excluding steroid dienone is 1. The smallest absolute Gasteiger partial charge is 0.177 e. The fraction of sp³-hybridized carbons (Fsp3) is 0.250. The molecular formula is C12H16N2O. The lowest BCUT2D eigenvalue weighted by molar-refractivity contribution is -0.113. The summed E-state index contributed by atoms with van der Waals surface area (Å²) in [6, 6.07) is 9.64. The van der Waals surface area contributed by atoms with Gasteiger partial charge in [0.1, 0.15) is 0 Å². The van der Waals surface area contributed by atoms with Gasteiger partial charge < -0.3 is 10.2 Å². The Bertz CT molecular complexity index is 355. The van der Waals surface area contributed by atoms with E-state index in [1.165, 1.54) is 0 Å². The van der Waals surface area contributed by atoms with E-state index in [4.69, 9.17) is 0 Å². The number of hydrogen-bond donors (Lipinski definition) is 1. The molecule has 1 N–H and O–H groups in total. The van der Waals surface area contributed by atoms with Gasteiger partial charge in [0.15, 0.2) is 5.78 Å². The molecule has 15 heavy (non-hydrogen) atoms. The van der Waals surface area contributed by atoms with Crippen LogP contribution in [-0.2, 0) is 4.79 Å². The zero-order valence-corrected chi connectivity index (χ0v) is 9.32. The lowest BCUT2D eigenvalue weighted by Gasteiger charge is -2.11. The van der Waals surface area contributed by atoms with Crippen LogP contribution in [0.1, 0.15) is 6.92 Å². The second-order valence-corrected chi connectivity index (χ2v) is 3.55. The summed E-state index contributed by atoms with van der Waals surface area (Å²) in [4.78, 5) is 13.2. The summed E-state index contributed by atoms with van der Waals surface area (Å²) in [5.41, 5.74) is 1.51. The largest absolute Gasteiger partial charge is 0.382 e. The van der Waals surface area contributed by atoms with Crippen molar-refractivity contribution in [1.82, 2.24) is 4.90 Å². The number of benzene rings is 1. The number of nitrogens with zero attached hydrogens (tertiary/aromatic N) is 1. The fourth-order valence-electron chi connectivity index (χ4n) is 1.15. The highest BCUT2D eigenvalue weighted by Crippen LogP contribution is 2.09. The Kier molecular flexibility index (Phi) is 3.92. The van der Waals surface area contributed by atoms with Crippen LogP contribution in [0, 0.1) is 0 Å². The number of ketones is 1. The number of hydrogen-bond acceptors (Lipinski definition) is 3. The monoisotopic (exact) mass is 204 g/mol. The molecule has 1 rings (SSSR count). The summed E-state index contributed by atoms with van der Waals surface area (Å²) in [6.45, 7) is 1.55. The molecule has 0 saturated heterocycles. The number of nitrogens with one attached hydrogen (secondary N) is 1. The predicted molar refractivity (Wildman–Crippen MR) is 62.5 cm³/mol. The molecular weight excluding hydrogens is 188 g/mol. The predicted octanol–water partition coefficient (Wildman–Crippen LogP) is 2.09. The summed E-state index contributed by atoms with van der Waals surface area (Å²) < 4.78 is 0. The Balaban J connectivity index is 2.81. The molecule has 0 fully saturated rings. The Morgan fingerprint density at radius 1 is 1.27 bits per heavy atom. The van der Waals surface area contributed by atoms with E-state index >= 15 is 0 Å². The first-order chi connectivity index (χ1) is 7.09. The molecule has 1 aromatic rings. The van der Waals surface area contributed by atoms with Crippen LogP contribution in [0.4, 0.5) is 5.69 Å². The Morgan fingerprint density at radius 2 is 1.87 bits per heavy atom. The first-order valence-corrected chi connectivity index (χ1v) is 4.81. The quantitative estimate of drug-likeness (QED) is 0.762. The highest BCUT2D eigenvalue weighted by molar-refractivity contribution is 5.96. The number of anilines is 1. The first kappa shape index (κ1) is 11.3. The van der Waals surface area contributed by atoms with Crippen molar-refractivity contribution in [3.05, 3.63) is 42.2 Å². The average Bonchev–Trinajstić information content (AvgIpc) is 2.17. The van der Waals surface area contributed by atoms with Crippen molar-refractivity contribution >= 4 is 11.5 Å². The maximum Gasteiger partial charge on any atom is 0.177 e. The third kappa shape index (κ3) is 3.85. The summed E-state index contributed by atoms with van der Waals surface area (Å²) in [6.07, 6.45) is 1.77. The summed E-state index contributed by atoms with van der Waals surface area (Å²) in [5, 5.41) is 3.08. The molecule has 3 heteroatoms. The number of para-hydroxylation sites is 1. The van der Waals surface area contributed by atoms with Crippen molar-refractivity contribution in [3.8, 4) is 0 Å². The van der Waals surface area contributed by atoms with Crippen molar-refractivity contribution in [2.24, 2.45) is 0 Å². The molecule has 0 aliphatic rings. The maximum atomic E-state index is 11.3. The van der Waals surface area contributed by atoms with Gasteiger partial charge in [0.05, 0.1) is 5.70 Å². The van der Waals surface area contributed by atoms with Gasteiger partial charge in [-0.2, -0.15) is 0 Å². The molecule has 3 nitrogen and oxygen atoms in total. The lowest BCUT2D eigenvalue weighted by Crippen LogP contribution is -2.13. The van der Waals surface area contributed by atoms with E-state index in [1.54, 1.807) is 13.1 Å². The molecule has 0 aliphatic heterocycles. The van der Waals surface area contributed by atoms with Crippen molar-refractivity contribution in [3.63, 3.8) is 0 Å². The van der Waals surface area contributed by atoms with Gasteiger partial charge in [-0.05, 0) is 12.1 Å². The molecule has 0 atom stereocenters. The van der Waals surface area contributed by atoms with Gasteiger partial charge in [0.25, 0.3) is 0 Å². The van der Waals surface area contributed by atoms with Gasteiger partial charge in [-0.3, -0.25) is 4.79 Å². The second-order valence-electron chi connectivity index (χ2n) is 3.55. The zero-order valence-electron chi connectivity index (χ0n) is 9.32.